The van der Waals surface area contributed by atoms with Crippen LogP contribution in [-0.4, -0.2) is 17.2 Å². The van der Waals surface area contributed by atoms with Gasteiger partial charge < -0.3 is 10.4 Å². The van der Waals surface area contributed by atoms with Crippen LogP contribution in [0.25, 0.3) is 0 Å². The summed E-state index contributed by atoms with van der Waals surface area (Å²) >= 11 is 11.9. The molecule has 0 saturated carbocycles. The molecule has 2 saturated heterocycles. The molecule has 0 spiro atoms. The lowest BCUT2D eigenvalue weighted by atomic mass is 9.86. The Bertz CT molecular complexity index is 437. The van der Waals surface area contributed by atoms with Crippen molar-refractivity contribution in [3.05, 3.63) is 27.7 Å². The number of hydrogen-bond donors (Lipinski definition) is 2. The van der Waals surface area contributed by atoms with Crippen molar-refractivity contribution in [1.29, 1.82) is 0 Å². The second-order valence-corrected chi connectivity index (χ2v) is 5.95. The summed E-state index contributed by atoms with van der Waals surface area (Å²) in [6.07, 6.45) is 4.68. The second-order valence-electron chi connectivity index (χ2n) is 5.13. The van der Waals surface area contributed by atoms with E-state index in [0.717, 1.165) is 18.4 Å². The maximum absolute atomic E-state index is 10.00. The molecule has 2 aliphatic heterocycles. The molecule has 2 heterocycles. The lowest BCUT2D eigenvalue weighted by Gasteiger charge is -2.29. The first-order valence-electron chi connectivity index (χ1n) is 6.07. The molecule has 0 aromatic heterocycles. The van der Waals surface area contributed by atoms with E-state index in [2.05, 4.69) is 5.32 Å². The molecule has 1 unspecified atom stereocenters. The van der Waals surface area contributed by atoms with E-state index < -0.39 is 0 Å². The summed E-state index contributed by atoms with van der Waals surface area (Å²) in [6, 6.07) is 4.60. The number of phenolic OH excluding ortho intramolecular Hbond substituents is 1. The molecule has 2 N–H and O–H groups in total. The highest BCUT2D eigenvalue weighted by Crippen LogP contribution is 2.42. The molecule has 92 valence electrons. The molecule has 4 heteroatoms. The van der Waals surface area contributed by atoms with E-state index in [-0.39, 0.29) is 5.75 Å². The van der Waals surface area contributed by atoms with E-state index in [1.807, 2.05) is 6.07 Å². The van der Waals surface area contributed by atoms with Crippen molar-refractivity contribution < 1.29 is 5.11 Å². The van der Waals surface area contributed by atoms with Crippen molar-refractivity contribution in [3.63, 3.8) is 0 Å². The Morgan fingerprint density at radius 2 is 1.65 bits per heavy atom. The maximum Gasteiger partial charge on any atom is 0.120 e. The van der Waals surface area contributed by atoms with Crippen molar-refractivity contribution in [1.82, 2.24) is 5.32 Å². The van der Waals surface area contributed by atoms with Gasteiger partial charge in [-0.2, -0.15) is 0 Å². The Balaban J connectivity index is 1.91. The number of nitrogens with one attached hydrogen (secondary N) is 1. The highest BCUT2D eigenvalue weighted by Gasteiger charge is 2.35. The first-order valence-corrected chi connectivity index (χ1v) is 6.83. The summed E-state index contributed by atoms with van der Waals surface area (Å²) in [4.78, 5) is 0. The van der Waals surface area contributed by atoms with Crippen LogP contribution in [0.15, 0.2) is 12.1 Å². The second kappa shape index (κ2) is 4.34. The number of piperidine rings is 1. The van der Waals surface area contributed by atoms with E-state index in [1.165, 1.54) is 12.8 Å². The Kier molecular flexibility index (Phi) is 2.97. The number of halogens is 2. The molecule has 2 aliphatic rings. The molecule has 2 fully saturated rings. The fourth-order valence-electron chi connectivity index (χ4n) is 3.19. The summed E-state index contributed by atoms with van der Waals surface area (Å²) in [6.45, 7) is 0. The van der Waals surface area contributed by atoms with Gasteiger partial charge in [0.1, 0.15) is 5.75 Å². The van der Waals surface area contributed by atoms with Crippen LogP contribution in [0.3, 0.4) is 0 Å². The Morgan fingerprint density at radius 3 is 2.29 bits per heavy atom. The molecule has 0 radical (unpaired) electrons. The first kappa shape index (κ1) is 11.6. The molecule has 2 nitrogen and oxygen atoms in total. The third-order valence-electron chi connectivity index (χ3n) is 3.98. The highest BCUT2D eigenvalue weighted by atomic mass is 35.5. The van der Waals surface area contributed by atoms with Crippen molar-refractivity contribution >= 4 is 23.2 Å². The van der Waals surface area contributed by atoms with Crippen LogP contribution in [0.2, 0.25) is 10.0 Å². The van der Waals surface area contributed by atoms with Crippen molar-refractivity contribution in [2.24, 2.45) is 0 Å². The fraction of sp³-hybridized carbons (Fsp3) is 0.538. The van der Waals surface area contributed by atoms with Crippen LogP contribution >= 0.6 is 23.2 Å². The molecule has 0 aliphatic carbocycles. The third kappa shape index (κ3) is 2.14. The SMILES string of the molecule is Oc1cc(Cl)c(Cl)cc1C1C[C@H]2CC[C@@H](C1)N2. The van der Waals surface area contributed by atoms with Gasteiger partial charge in [-0.05, 0) is 43.2 Å². The van der Waals surface area contributed by atoms with Crippen LogP contribution in [-0.2, 0) is 0 Å². The quantitative estimate of drug-likeness (QED) is 0.817. The Hall–Kier alpha value is -0.440. The zero-order chi connectivity index (χ0) is 12.0. The van der Waals surface area contributed by atoms with Crippen LogP contribution < -0.4 is 5.32 Å². The van der Waals surface area contributed by atoms with Gasteiger partial charge in [0.05, 0.1) is 10.0 Å². The van der Waals surface area contributed by atoms with Gasteiger partial charge in [-0.25, -0.2) is 0 Å². The van der Waals surface area contributed by atoms with Crippen LogP contribution in [0.1, 0.15) is 37.2 Å². The van der Waals surface area contributed by atoms with Crippen molar-refractivity contribution in [2.75, 3.05) is 0 Å². The summed E-state index contributed by atoms with van der Waals surface area (Å²) < 4.78 is 0. The minimum absolute atomic E-state index is 0.283. The molecule has 17 heavy (non-hydrogen) atoms. The number of phenols is 1. The molecule has 2 bridgehead atoms. The maximum atomic E-state index is 10.00. The third-order valence-corrected chi connectivity index (χ3v) is 4.70. The Labute approximate surface area is 111 Å². The molecule has 1 aromatic rings. The average molecular weight is 272 g/mol. The number of aromatic hydroxyl groups is 1. The fourth-order valence-corrected chi connectivity index (χ4v) is 3.52. The van der Waals surface area contributed by atoms with E-state index in [1.54, 1.807) is 6.07 Å². The first-order chi connectivity index (χ1) is 8.13. The zero-order valence-electron chi connectivity index (χ0n) is 9.42. The molecular formula is C13H15Cl2NO. The standard InChI is InChI=1S/C13H15Cl2NO/c14-11-5-10(13(17)6-12(11)15)7-3-8-1-2-9(4-7)16-8/h5-9,16-17H,1-4H2/t7?,8-,9+. The normalized spacial score (nSPS) is 31.8. The zero-order valence-corrected chi connectivity index (χ0v) is 10.9. The van der Waals surface area contributed by atoms with Gasteiger partial charge in [0.2, 0.25) is 0 Å². The van der Waals surface area contributed by atoms with Crippen LogP contribution in [0.4, 0.5) is 0 Å². The van der Waals surface area contributed by atoms with Gasteiger partial charge in [0, 0.05) is 18.2 Å². The minimum atomic E-state index is 0.283. The number of benzene rings is 1. The number of fused-ring (bicyclic) bond motifs is 2. The molecule has 0 amide bonds. The lowest BCUT2D eigenvalue weighted by Crippen LogP contribution is -2.37. The van der Waals surface area contributed by atoms with Gasteiger partial charge in [-0.15, -0.1) is 0 Å². The van der Waals surface area contributed by atoms with Gasteiger partial charge in [0.25, 0.3) is 0 Å². The van der Waals surface area contributed by atoms with E-state index in [9.17, 15) is 5.11 Å². The number of hydrogen-bond acceptors (Lipinski definition) is 2. The van der Waals surface area contributed by atoms with E-state index >= 15 is 0 Å². The molecule has 3 rings (SSSR count). The summed E-state index contributed by atoms with van der Waals surface area (Å²) in [5.41, 5.74) is 0.956. The van der Waals surface area contributed by atoms with Gasteiger partial charge >= 0.3 is 0 Å². The van der Waals surface area contributed by atoms with Crippen LogP contribution in [0, 0.1) is 0 Å². The predicted molar refractivity (Wildman–Crippen MR) is 70.0 cm³/mol. The smallest absolute Gasteiger partial charge is 0.120 e. The summed E-state index contributed by atoms with van der Waals surface area (Å²) in [5, 5.41) is 14.5. The van der Waals surface area contributed by atoms with Gasteiger partial charge in [-0.1, -0.05) is 23.2 Å². The van der Waals surface area contributed by atoms with Gasteiger partial charge in [-0.3, -0.25) is 0 Å². The molecular weight excluding hydrogens is 257 g/mol. The predicted octanol–water partition coefficient (Wildman–Crippen LogP) is 3.70. The van der Waals surface area contributed by atoms with E-state index in [4.69, 9.17) is 23.2 Å². The van der Waals surface area contributed by atoms with Crippen molar-refractivity contribution in [3.8, 4) is 5.75 Å². The molecule has 3 atom stereocenters. The van der Waals surface area contributed by atoms with Crippen LogP contribution in [0.5, 0.6) is 5.75 Å². The summed E-state index contributed by atoms with van der Waals surface area (Å²) in [7, 11) is 0. The van der Waals surface area contributed by atoms with Gasteiger partial charge in [0.15, 0.2) is 0 Å². The van der Waals surface area contributed by atoms with E-state index in [0.29, 0.717) is 28.0 Å². The monoisotopic (exact) mass is 271 g/mol. The highest BCUT2D eigenvalue weighted by molar-refractivity contribution is 6.42. The Morgan fingerprint density at radius 1 is 1.06 bits per heavy atom. The minimum Gasteiger partial charge on any atom is -0.508 e. The topological polar surface area (TPSA) is 32.3 Å². The summed E-state index contributed by atoms with van der Waals surface area (Å²) in [5.74, 6) is 0.689. The average Bonchev–Trinajstić information content (AvgIpc) is 2.63. The van der Waals surface area contributed by atoms with Crippen molar-refractivity contribution in [2.45, 2.75) is 43.7 Å². The lowest BCUT2D eigenvalue weighted by molar-refractivity contribution is 0.354. The largest absolute Gasteiger partial charge is 0.508 e. The number of rotatable bonds is 1. The molecule has 1 aromatic carbocycles.